The molecule has 0 saturated carbocycles. The third-order valence-electron chi connectivity index (χ3n) is 11.1. The van der Waals surface area contributed by atoms with Crippen LogP contribution in [0.4, 0.5) is 0 Å². The van der Waals surface area contributed by atoms with Crippen LogP contribution in [0.25, 0.3) is 0 Å². The molecular formula is C53H96O6. The number of hydrogen-bond acceptors (Lipinski definition) is 6. The predicted octanol–water partition coefficient (Wildman–Crippen LogP) is 16.5. The molecule has 0 aromatic heterocycles. The van der Waals surface area contributed by atoms with Crippen molar-refractivity contribution in [2.45, 2.75) is 271 Å². The van der Waals surface area contributed by atoms with Gasteiger partial charge in [0.1, 0.15) is 13.2 Å². The van der Waals surface area contributed by atoms with Crippen molar-refractivity contribution in [2.24, 2.45) is 0 Å². The van der Waals surface area contributed by atoms with Gasteiger partial charge in [-0.25, -0.2) is 0 Å². The molecule has 6 heteroatoms. The van der Waals surface area contributed by atoms with Gasteiger partial charge in [-0.05, 0) is 57.8 Å². The van der Waals surface area contributed by atoms with E-state index in [1.165, 1.54) is 161 Å². The lowest BCUT2D eigenvalue weighted by atomic mass is 10.0. The molecule has 0 bridgehead atoms. The molecule has 344 valence electrons. The van der Waals surface area contributed by atoms with Crippen LogP contribution in [0.5, 0.6) is 0 Å². The third kappa shape index (κ3) is 46.5. The van der Waals surface area contributed by atoms with Crippen molar-refractivity contribution in [3.05, 3.63) is 36.5 Å². The maximum atomic E-state index is 12.7. The average Bonchev–Trinajstić information content (AvgIpc) is 3.23. The molecule has 0 amide bonds. The van der Waals surface area contributed by atoms with Gasteiger partial charge in [0.05, 0.1) is 0 Å². The maximum absolute atomic E-state index is 12.7. The zero-order valence-corrected chi connectivity index (χ0v) is 39.3. The molecule has 1 atom stereocenters. The van der Waals surface area contributed by atoms with Crippen LogP contribution < -0.4 is 0 Å². The zero-order valence-electron chi connectivity index (χ0n) is 39.3. The summed E-state index contributed by atoms with van der Waals surface area (Å²) in [7, 11) is 0. The van der Waals surface area contributed by atoms with Crippen molar-refractivity contribution in [2.75, 3.05) is 13.2 Å². The second kappa shape index (κ2) is 48.3. The molecule has 59 heavy (non-hydrogen) atoms. The molecule has 1 unspecified atom stereocenters. The molecule has 0 N–H and O–H groups in total. The van der Waals surface area contributed by atoms with Gasteiger partial charge in [-0.1, -0.05) is 224 Å². The fourth-order valence-electron chi connectivity index (χ4n) is 7.24. The van der Waals surface area contributed by atoms with Gasteiger partial charge in [-0.2, -0.15) is 0 Å². The molecule has 0 aliphatic heterocycles. The fourth-order valence-corrected chi connectivity index (χ4v) is 7.24. The van der Waals surface area contributed by atoms with Crippen molar-refractivity contribution in [3.63, 3.8) is 0 Å². The van der Waals surface area contributed by atoms with Crippen LogP contribution in [0.1, 0.15) is 265 Å². The van der Waals surface area contributed by atoms with Crippen molar-refractivity contribution in [1.29, 1.82) is 0 Å². The van der Waals surface area contributed by atoms with Crippen LogP contribution in [-0.2, 0) is 28.6 Å². The van der Waals surface area contributed by atoms with E-state index in [1.807, 2.05) is 6.08 Å². The summed E-state index contributed by atoms with van der Waals surface area (Å²) in [5.41, 5.74) is 0. The lowest BCUT2D eigenvalue weighted by Gasteiger charge is -2.18. The Bertz CT molecular complexity index is 1000. The van der Waals surface area contributed by atoms with E-state index in [1.54, 1.807) is 0 Å². The van der Waals surface area contributed by atoms with Crippen LogP contribution in [0.15, 0.2) is 36.5 Å². The SMILES string of the molecule is CCCC/C=C\CCCCCCCC(=O)OCC(COC(=O)CCCCCCCCCCCCCCCCCCC)OC(=O)CC/C=C\C/C=C\CCCCCCCC. The molecule has 0 saturated heterocycles. The molecule has 0 spiro atoms. The normalized spacial score (nSPS) is 12.3. The third-order valence-corrected chi connectivity index (χ3v) is 11.1. The second-order valence-electron chi connectivity index (χ2n) is 17.1. The standard InChI is InChI=1S/C53H96O6/c1-4-7-10-13-16-19-22-24-25-26-27-29-31-34-37-40-43-46-52(55)58-49-50(48-57-51(54)45-42-39-36-33-30-21-18-15-12-9-6-3)59-53(56)47-44-41-38-35-32-28-23-20-17-14-11-8-5-2/h15,18,28,32,38,41,50H,4-14,16-17,19-27,29-31,33-37,39-40,42-49H2,1-3H3/b18-15-,32-28-,41-38-. The lowest BCUT2D eigenvalue weighted by Crippen LogP contribution is -2.30. The van der Waals surface area contributed by atoms with Gasteiger partial charge >= 0.3 is 17.9 Å². The van der Waals surface area contributed by atoms with Crippen molar-refractivity contribution in [3.8, 4) is 0 Å². The minimum atomic E-state index is -0.801. The first-order chi connectivity index (χ1) is 29.0. The first-order valence-corrected chi connectivity index (χ1v) is 25.5. The molecule has 0 heterocycles. The Balaban J connectivity index is 4.37. The number of carbonyl (C=O) groups is 3. The first kappa shape index (κ1) is 56.6. The van der Waals surface area contributed by atoms with Crippen LogP contribution in [0, 0.1) is 0 Å². The van der Waals surface area contributed by atoms with Gasteiger partial charge in [0.15, 0.2) is 6.10 Å². The Morgan fingerprint density at radius 3 is 1.07 bits per heavy atom. The minimum Gasteiger partial charge on any atom is -0.462 e. The van der Waals surface area contributed by atoms with E-state index in [4.69, 9.17) is 14.2 Å². The molecule has 0 radical (unpaired) electrons. The first-order valence-electron chi connectivity index (χ1n) is 25.5. The molecule has 0 aliphatic carbocycles. The summed E-state index contributed by atoms with van der Waals surface area (Å²) in [6.07, 6.45) is 55.7. The largest absolute Gasteiger partial charge is 0.462 e. The molecule has 0 fully saturated rings. The molecule has 0 rings (SSSR count). The predicted molar refractivity (Wildman–Crippen MR) is 252 cm³/mol. The monoisotopic (exact) mass is 829 g/mol. The van der Waals surface area contributed by atoms with E-state index in [0.717, 1.165) is 57.8 Å². The summed E-state index contributed by atoms with van der Waals surface area (Å²) < 4.78 is 16.7. The van der Waals surface area contributed by atoms with E-state index in [0.29, 0.717) is 19.3 Å². The van der Waals surface area contributed by atoms with Crippen molar-refractivity contribution < 1.29 is 28.6 Å². The average molecular weight is 829 g/mol. The van der Waals surface area contributed by atoms with Crippen molar-refractivity contribution in [1.82, 2.24) is 0 Å². The van der Waals surface area contributed by atoms with E-state index in [2.05, 4.69) is 51.2 Å². The van der Waals surface area contributed by atoms with Crippen LogP contribution in [0.3, 0.4) is 0 Å². The van der Waals surface area contributed by atoms with E-state index < -0.39 is 6.10 Å². The highest BCUT2D eigenvalue weighted by Crippen LogP contribution is 2.15. The molecule has 0 aliphatic rings. The molecular weight excluding hydrogens is 733 g/mol. The van der Waals surface area contributed by atoms with E-state index >= 15 is 0 Å². The smallest absolute Gasteiger partial charge is 0.306 e. The molecule has 0 aromatic carbocycles. The Morgan fingerprint density at radius 2 is 0.661 bits per heavy atom. The molecule has 0 aromatic rings. The second-order valence-corrected chi connectivity index (χ2v) is 17.1. The van der Waals surface area contributed by atoms with Crippen LogP contribution in [0.2, 0.25) is 0 Å². The Labute approximate surface area is 365 Å². The summed E-state index contributed by atoms with van der Waals surface area (Å²) in [6, 6.07) is 0. The minimum absolute atomic E-state index is 0.0943. The summed E-state index contributed by atoms with van der Waals surface area (Å²) in [6.45, 7) is 6.55. The highest BCUT2D eigenvalue weighted by molar-refractivity contribution is 5.71. The number of esters is 3. The summed E-state index contributed by atoms with van der Waals surface area (Å²) in [5.74, 6) is -0.965. The van der Waals surface area contributed by atoms with Crippen LogP contribution in [-0.4, -0.2) is 37.2 Å². The zero-order chi connectivity index (χ0) is 43.0. The Morgan fingerprint density at radius 1 is 0.339 bits per heavy atom. The highest BCUT2D eigenvalue weighted by atomic mass is 16.6. The maximum Gasteiger partial charge on any atom is 0.306 e. The number of hydrogen-bond donors (Lipinski definition) is 0. The number of ether oxygens (including phenoxy) is 3. The van der Waals surface area contributed by atoms with Gasteiger partial charge in [0, 0.05) is 19.3 Å². The van der Waals surface area contributed by atoms with Gasteiger partial charge in [-0.3, -0.25) is 14.4 Å². The summed E-state index contributed by atoms with van der Waals surface area (Å²) in [4.78, 5) is 37.8. The highest BCUT2D eigenvalue weighted by Gasteiger charge is 2.19. The van der Waals surface area contributed by atoms with Gasteiger partial charge in [0.2, 0.25) is 0 Å². The summed E-state index contributed by atoms with van der Waals surface area (Å²) in [5, 5.41) is 0. The van der Waals surface area contributed by atoms with Gasteiger partial charge in [-0.15, -0.1) is 0 Å². The van der Waals surface area contributed by atoms with Gasteiger partial charge < -0.3 is 14.2 Å². The number of allylic oxidation sites excluding steroid dienone is 6. The van der Waals surface area contributed by atoms with E-state index in [-0.39, 0.29) is 37.5 Å². The van der Waals surface area contributed by atoms with Crippen LogP contribution >= 0.6 is 0 Å². The van der Waals surface area contributed by atoms with E-state index in [9.17, 15) is 14.4 Å². The number of carbonyl (C=O) groups excluding carboxylic acids is 3. The fraction of sp³-hybridized carbons (Fsp3) is 0.830. The van der Waals surface area contributed by atoms with Crippen molar-refractivity contribution >= 4 is 17.9 Å². The lowest BCUT2D eigenvalue weighted by molar-refractivity contribution is -0.166. The molecule has 6 nitrogen and oxygen atoms in total. The number of unbranched alkanes of at least 4 members (excludes halogenated alkanes) is 29. The quantitative estimate of drug-likeness (QED) is 0.0263. The Hall–Kier alpha value is -2.37. The Kier molecular flexibility index (Phi) is 46.4. The topological polar surface area (TPSA) is 78.9 Å². The number of rotatable bonds is 46. The summed E-state index contributed by atoms with van der Waals surface area (Å²) >= 11 is 0. The van der Waals surface area contributed by atoms with Gasteiger partial charge in [0.25, 0.3) is 0 Å².